The molecule has 0 bridgehead atoms. The first-order valence-corrected chi connectivity index (χ1v) is 8.60. The van der Waals surface area contributed by atoms with Gasteiger partial charge >= 0.3 is 5.69 Å². The smallest absolute Gasteiger partial charge is 0.312 e. The number of nitrogens with one attached hydrogen (secondary N) is 1. The van der Waals surface area contributed by atoms with Crippen LogP contribution in [-0.2, 0) is 11.3 Å². The summed E-state index contributed by atoms with van der Waals surface area (Å²) in [5.74, 6) is 0.750. The number of carbonyl (C=O) groups excluding carboxylic acids is 1. The van der Waals surface area contributed by atoms with Crippen LogP contribution in [0.25, 0.3) is 0 Å². The van der Waals surface area contributed by atoms with Gasteiger partial charge in [-0.3, -0.25) is 19.6 Å². The molecule has 2 heterocycles. The lowest BCUT2D eigenvalue weighted by atomic mass is 9.96. The predicted molar refractivity (Wildman–Crippen MR) is 98.1 cm³/mol. The summed E-state index contributed by atoms with van der Waals surface area (Å²) in [5.41, 5.74) is 0.954. The van der Waals surface area contributed by atoms with Crippen molar-refractivity contribution in [2.45, 2.75) is 46.6 Å². The van der Waals surface area contributed by atoms with Crippen molar-refractivity contribution >= 4 is 24.0 Å². The molecule has 9 heteroatoms. The quantitative estimate of drug-likeness (QED) is 0.583. The van der Waals surface area contributed by atoms with Crippen LogP contribution < -0.4 is 5.32 Å². The highest BCUT2D eigenvalue weighted by molar-refractivity contribution is 5.85. The number of halogens is 1. The second kappa shape index (κ2) is 9.72. The van der Waals surface area contributed by atoms with Crippen molar-refractivity contribution in [1.29, 1.82) is 0 Å². The minimum Gasteiger partial charge on any atom is -0.343 e. The first kappa shape index (κ1) is 21.4. The Balaban J connectivity index is 0.00000312. The van der Waals surface area contributed by atoms with Gasteiger partial charge in [0.2, 0.25) is 5.91 Å². The van der Waals surface area contributed by atoms with Crippen molar-refractivity contribution in [2.24, 2.45) is 5.92 Å². The molecule has 1 saturated heterocycles. The molecule has 0 saturated carbocycles. The lowest BCUT2D eigenvalue weighted by Crippen LogP contribution is -2.41. The number of likely N-dealkylation sites (tertiary alicyclic amines) is 1. The van der Waals surface area contributed by atoms with Crippen LogP contribution in [-0.4, -0.2) is 51.7 Å². The van der Waals surface area contributed by atoms with Gasteiger partial charge in [0.25, 0.3) is 0 Å². The Morgan fingerprint density at radius 3 is 2.52 bits per heavy atom. The van der Waals surface area contributed by atoms with Crippen molar-refractivity contribution in [3.8, 4) is 0 Å². The summed E-state index contributed by atoms with van der Waals surface area (Å²) in [6, 6.07) is 0. The van der Waals surface area contributed by atoms with E-state index in [2.05, 4.69) is 17.3 Å². The Kier molecular flexibility index (Phi) is 8.31. The van der Waals surface area contributed by atoms with Gasteiger partial charge in [-0.05, 0) is 45.7 Å². The van der Waals surface area contributed by atoms with Crippen LogP contribution in [0.3, 0.4) is 0 Å². The largest absolute Gasteiger partial charge is 0.343 e. The molecule has 8 nitrogen and oxygen atoms in total. The van der Waals surface area contributed by atoms with Crippen molar-refractivity contribution in [2.75, 3.05) is 26.2 Å². The summed E-state index contributed by atoms with van der Waals surface area (Å²) in [7, 11) is 0. The van der Waals surface area contributed by atoms with E-state index in [1.807, 2.05) is 4.90 Å². The predicted octanol–water partition coefficient (Wildman–Crippen LogP) is 2.07. The molecular formula is C16H28ClN5O3. The number of carbonyl (C=O) groups is 1. The van der Waals surface area contributed by atoms with Crippen LogP contribution >= 0.6 is 12.4 Å². The van der Waals surface area contributed by atoms with Crippen molar-refractivity contribution in [3.05, 3.63) is 21.5 Å². The third-order valence-corrected chi connectivity index (χ3v) is 4.71. The molecule has 25 heavy (non-hydrogen) atoms. The maximum atomic E-state index is 12.4. The Morgan fingerprint density at radius 1 is 1.36 bits per heavy atom. The number of aryl methyl sites for hydroxylation is 2. The average molecular weight is 374 g/mol. The van der Waals surface area contributed by atoms with E-state index in [9.17, 15) is 14.9 Å². The molecule has 1 aliphatic heterocycles. The van der Waals surface area contributed by atoms with E-state index in [0.29, 0.717) is 30.3 Å². The van der Waals surface area contributed by atoms with Crippen LogP contribution in [0, 0.1) is 29.9 Å². The second-order valence-electron chi connectivity index (χ2n) is 6.38. The fourth-order valence-electron chi connectivity index (χ4n) is 3.26. The first-order valence-electron chi connectivity index (χ1n) is 8.60. The molecule has 1 aliphatic rings. The van der Waals surface area contributed by atoms with Gasteiger partial charge < -0.3 is 10.2 Å². The molecule has 1 aromatic rings. The maximum Gasteiger partial charge on any atom is 0.312 e. The van der Waals surface area contributed by atoms with Gasteiger partial charge in [0.1, 0.15) is 11.4 Å². The zero-order valence-electron chi connectivity index (χ0n) is 15.2. The highest BCUT2D eigenvalue weighted by atomic mass is 35.5. The van der Waals surface area contributed by atoms with Gasteiger partial charge in [0, 0.05) is 19.5 Å². The number of hydrogen-bond acceptors (Lipinski definition) is 5. The van der Waals surface area contributed by atoms with E-state index in [1.165, 1.54) is 0 Å². The fourth-order valence-corrected chi connectivity index (χ4v) is 3.26. The van der Waals surface area contributed by atoms with E-state index in [4.69, 9.17) is 0 Å². The topological polar surface area (TPSA) is 93.3 Å². The first-order chi connectivity index (χ1) is 11.4. The summed E-state index contributed by atoms with van der Waals surface area (Å²) in [6.07, 6.45) is 2.39. The Morgan fingerprint density at radius 2 is 2.00 bits per heavy atom. The molecule has 0 atom stereocenters. The highest BCUT2D eigenvalue weighted by Gasteiger charge is 2.24. The summed E-state index contributed by atoms with van der Waals surface area (Å²) < 4.78 is 1.57. The number of aromatic nitrogens is 2. The molecule has 1 aromatic heterocycles. The van der Waals surface area contributed by atoms with Gasteiger partial charge in [-0.25, -0.2) is 0 Å². The van der Waals surface area contributed by atoms with Crippen molar-refractivity contribution < 1.29 is 9.72 Å². The van der Waals surface area contributed by atoms with Gasteiger partial charge in [-0.2, -0.15) is 5.10 Å². The van der Waals surface area contributed by atoms with E-state index in [0.717, 1.165) is 39.0 Å². The lowest BCUT2D eigenvalue weighted by Gasteiger charge is -2.32. The van der Waals surface area contributed by atoms with Crippen LogP contribution in [0.15, 0.2) is 0 Å². The molecular weight excluding hydrogens is 346 g/mol. The zero-order chi connectivity index (χ0) is 17.7. The summed E-state index contributed by atoms with van der Waals surface area (Å²) >= 11 is 0. The fraction of sp³-hybridized carbons (Fsp3) is 0.750. The standard InChI is InChI=1S/C16H27N5O3.ClH/c1-4-17-11-14-5-8-19(9-6-14)15(22)7-10-20-13(3)16(21(23)24)12(2)18-20;/h14,17H,4-11H2,1-3H3;1H. The molecule has 2 rings (SSSR count). The van der Waals surface area contributed by atoms with Crippen LogP contribution in [0.4, 0.5) is 5.69 Å². The summed E-state index contributed by atoms with van der Waals surface area (Å²) in [5, 5.41) is 18.6. The SMILES string of the molecule is CCNCC1CCN(C(=O)CCn2nc(C)c([N+](=O)[O-])c2C)CC1.Cl. The molecule has 0 spiro atoms. The third-order valence-electron chi connectivity index (χ3n) is 4.71. The maximum absolute atomic E-state index is 12.4. The van der Waals surface area contributed by atoms with E-state index < -0.39 is 4.92 Å². The van der Waals surface area contributed by atoms with E-state index in [1.54, 1.807) is 18.5 Å². The molecule has 0 aromatic carbocycles. The number of rotatable bonds is 7. The van der Waals surface area contributed by atoms with Gasteiger partial charge in [0.05, 0.1) is 11.5 Å². The van der Waals surface area contributed by atoms with Gasteiger partial charge in [-0.15, -0.1) is 12.4 Å². The minimum atomic E-state index is -0.412. The van der Waals surface area contributed by atoms with Crippen molar-refractivity contribution in [1.82, 2.24) is 20.0 Å². The normalized spacial score (nSPS) is 15.1. The molecule has 142 valence electrons. The molecule has 0 radical (unpaired) electrons. The molecule has 0 unspecified atom stereocenters. The number of piperidine rings is 1. The lowest BCUT2D eigenvalue weighted by molar-refractivity contribution is -0.386. The number of nitro groups is 1. The number of nitrogens with zero attached hydrogens (tertiary/aromatic N) is 4. The Hall–Kier alpha value is -1.67. The monoisotopic (exact) mass is 373 g/mol. The van der Waals surface area contributed by atoms with E-state index >= 15 is 0 Å². The van der Waals surface area contributed by atoms with Crippen LogP contribution in [0.5, 0.6) is 0 Å². The molecule has 0 aliphatic carbocycles. The molecule has 1 N–H and O–H groups in total. The van der Waals surface area contributed by atoms with E-state index in [-0.39, 0.29) is 24.0 Å². The third kappa shape index (κ3) is 5.40. The van der Waals surface area contributed by atoms with Crippen molar-refractivity contribution in [3.63, 3.8) is 0 Å². The van der Waals surface area contributed by atoms with Gasteiger partial charge in [0.15, 0.2) is 0 Å². The number of amides is 1. The van der Waals surface area contributed by atoms with Crippen LogP contribution in [0.1, 0.15) is 37.6 Å². The molecule has 1 fully saturated rings. The molecule has 1 amide bonds. The highest BCUT2D eigenvalue weighted by Crippen LogP contribution is 2.22. The average Bonchev–Trinajstić information content (AvgIpc) is 2.85. The number of hydrogen-bond donors (Lipinski definition) is 1. The Bertz CT molecular complexity index is 597. The van der Waals surface area contributed by atoms with Gasteiger partial charge in [-0.1, -0.05) is 6.92 Å². The zero-order valence-corrected chi connectivity index (χ0v) is 16.0. The Labute approximate surface area is 154 Å². The van der Waals surface area contributed by atoms with Crippen LogP contribution in [0.2, 0.25) is 0 Å². The summed E-state index contributed by atoms with van der Waals surface area (Å²) in [6.45, 7) is 9.38. The summed E-state index contributed by atoms with van der Waals surface area (Å²) in [4.78, 5) is 24.9. The second-order valence-corrected chi connectivity index (χ2v) is 6.38. The minimum absolute atomic E-state index is 0.